The van der Waals surface area contributed by atoms with Crippen LogP contribution in [0.5, 0.6) is 0 Å². The van der Waals surface area contributed by atoms with Crippen LogP contribution < -0.4 is 0 Å². The Morgan fingerprint density at radius 2 is 2.19 bits per heavy atom. The lowest BCUT2D eigenvalue weighted by atomic mass is 10.3. The molecule has 1 aromatic heterocycles. The minimum atomic E-state index is 0.176. The number of halogens is 3. The molecule has 1 heterocycles. The molecule has 0 amide bonds. The molecule has 0 fully saturated rings. The van der Waals surface area contributed by atoms with E-state index in [-0.39, 0.29) is 4.83 Å². The lowest BCUT2D eigenvalue weighted by Crippen LogP contribution is -1.95. The van der Waals surface area contributed by atoms with Crippen molar-refractivity contribution >= 4 is 43.5 Å². The summed E-state index contributed by atoms with van der Waals surface area (Å²) < 4.78 is 2.61. The summed E-state index contributed by atoms with van der Waals surface area (Å²) in [5, 5.41) is 8.72. The Labute approximate surface area is 115 Å². The molecule has 0 spiro atoms. The van der Waals surface area contributed by atoms with Crippen molar-refractivity contribution < 1.29 is 0 Å². The van der Waals surface area contributed by atoms with Gasteiger partial charge in [0.05, 0.1) is 27.4 Å². The normalized spacial score (nSPS) is 12.8. The lowest BCUT2D eigenvalue weighted by Gasteiger charge is -2.03. The molecule has 2 rings (SSSR count). The van der Waals surface area contributed by atoms with E-state index in [0.717, 1.165) is 15.9 Å². The fraction of sp³-hybridized carbons (Fsp3) is 0.200. The van der Waals surface area contributed by atoms with Crippen LogP contribution in [0, 0.1) is 0 Å². The van der Waals surface area contributed by atoms with Gasteiger partial charge in [0.2, 0.25) is 0 Å². The summed E-state index contributed by atoms with van der Waals surface area (Å²) in [7, 11) is 0. The average molecular weight is 365 g/mol. The molecule has 6 heteroatoms. The molecule has 2 aromatic rings. The molecular weight excluding hydrogens is 357 g/mol. The minimum Gasteiger partial charge on any atom is -0.219 e. The summed E-state index contributed by atoms with van der Waals surface area (Å²) in [4.78, 5) is 0.176. The van der Waals surface area contributed by atoms with Crippen molar-refractivity contribution in [3.63, 3.8) is 0 Å². The molecule has 0 radical (unpaired) electrons. The van der Waals surface area contributed by atoms with Gasteiger partial charge in [0.1, 0.15) is 0 Å². The van der Waals surface area contributed by atoms with Crippen molar-refractivity contribution in [2.24, 2.45) is 0 Å². The Morgan fingerprint density at radius 1 is 1.44 bits per heavy atom. The third kappa shape index (κ3) is 2.47. The van der Waals surface area contributed by atoms with Crippen molar-refractivity contribution in [3.05, 3.63) is 39.6 Å². The maximum Gasteiger partial charge on any atom is 0.0965 e. The van der Waals surface area contributed by atoms with E-state index in [0.29, 0.717) is 5.02 Å². The molecule has 1 aromatic carbocycles. The van der Waals surface area contributed by atoms with Crippen LogP contribution in [0.4, 0.5) is 0 Å². The maximum atomic E-state index is 6.12. The van der Waals surface area contributed by atoms with Crippen LogP contribution in [0.2, 0.25) is 5.02 Å². The maximum absolute atomic E-state index is 6.12. The van der Waals surface area contributed by atoms with Gasteiger partial charge < -0.3 is 0 Å². The first-order valence-corrected chi connectivity index (χ1v) is 6.68. The molecule has 0 bridgehead atoms. The van der Waals surface area contributed by atoms with Crippen molar-refractivity contribution in [2.45, 2.75) is 11.8 Å². The van der Waals surface area contributed by atoms with Crippen LogP contribution >= 0.6 is 43.5 Å². The number of nitrogens with zero attached hydrogens (tertiary/aromatic N) is 3. The fourth-order valence-corrected chi connectivity index (χ4v) is 2.21. The summed E-state index contributed by atoms with van der Waals surface area (Å²) in [5.74, 6) is 0. The van der Waals surface area contributed by atoms with Gasteiger partial charge >= 0.3 is 0 Å². The predicted molar refractivity (Wildman–Crippen MR) is 71.4 cm³/mol. The van der Waals surface area contributed by atoms with E-state index < -0.39 is 0 Å². The number of hydrogen-bond donors (Lipinski definition) is 0. The Kier molecular flexibility index (Phi) is 3.66. The average Bonchev–Trinajstić information content (AvgIpc) is 2.66. The molecule has 0 aliphatic rings. The first kappa shape index (κ1) is 12.1. The topological polar surface area (TPSA) is 30.7 Å². The Morgan fingerprint density at radius 3 is 2.75 bits per heavy atom. The number of aromatic nitrogens is 3. The predicted octanol–water partition coefficient (Wildman–Crippen LogP) is 4.14. The number of rotatable bonds is 2. The highest BCUT2D eigenvalue weighted by atomic mass is 79.9. The van der Waals surface area contributed by atoms with Crippen LogP contribution in [-0.4, -0.2) is 15.0 Å². The van der Waals surface area contributed by atoms with Crippen molar-refractivity contribution in [3.8, 4) is 5.69 Å². The van der Waals surface area contributed by atoms with Crippen molar-refractivity contribution in [1.82, 2.24) is 15.0 Å². The highest BCUT2D eigenvalue weighted by Crippen LogP contribution is 2.25. The molecule has 3 nitrogen and oxygen atoms in total. The standard InChI is InChI=1S/C10H8Br2ClN3/c1-6(11)9-5-16(15-14-9)10-3-2-7(12)4-8(10)13/h2-6H,1H3. The van der Waals surface area contributed by atoms with Crippen LogP contribution in [0.25, 0.3) is 5.69 Å². The fourth-order valence-electron chi connectivity index (χ4n) is 1.24. The Hall–Kier alpha value is -0.390. The van der Waals surface area contributed by atoms with Crippen molar-refractivity contribution in [1.29, 1.82) is 0 Å². The zero-order valence-corrected chi connectivity index (χ0v) is 12.3. The quantitative estimate of drug-likeness (QED) is 0.749. The smallest absolute Gasteiger partial charge is 0.0965 e. The summed E-state index contributed by atoms with van der Waals surface area (Å²) in [5.41, 5.74) is 1.69. The van der Waals surface area contributed by atoms with Gasteiger partial charge in [-0.1, -0.05) is 48.7 Å². The third-order valence-corrected chi connectivity index (χ3v) is 3.34. The van der Waals surface area contributed by atoms with E-state index >= 15 is 0 Å². The van der Waals surface area contributed by atoms with Gasteiger partial charge in [0.15, 0.2) is 0 Å². The van der Waals surface area contributed by atoms with E-state index in [4.69, 9.17) is 11.6 Å². The molecule has 0 aliphatic carbocycles. The number of alkyl halides is 1. The summed E-state index contributed by atoms with van der Waals surface area (Å²) in [6.45, 7) is 2.00. The van der Waals surface area contributed by atoms with Crippen molar-refractivity contribution in [2.75, 3.05) is 0 Å². The molecular formula is C10H8Br2ClN3. The van der Waals surface area contributed by atoms with Gasteiger partial charge in [-0.25, -0.2) is 4.68 Å². The van der Waals surface area contributed by atoms with E-state index in [2.05, 4.69) is 42.2 Å². The highest BCUT2D eigenvalue weighted by molar-refractivity contribution is 9.10. The van der Waals surface area contributed by atoms with Crippen LogP contribution in [0.15, 0.2) is 28.9 Å². The number of hydrogen-bond acceptors (Lipinski definition) is 2. The zero-order chi connectivity index (χ0) is 11.7. The van der Waals surface area contributed by atoms with Gasteiger partial charge in [0.25, 0.3) is 0 Å². The molecule has 16 heavy (non-hydrogen) atoms. The van der Waals surface area contributed by atoms with Gasteiger partial charge in [-0.3, -0.25) is 0 Å². The second-order valence-electron chi connectivity index (χ2n) is 3.30. The highest BCUT2D eigenvalue weighted by Gasteiger charge is 2.09. The van der Waals surface area contributed by atoms with Gasteiger partial charge in [-0.2, -0.15) is 0 Å². The summed E-state index contributed by atoms with van der Waals surface area (Å²) >= 11 is 12.9. The minimum absolute atomic E-state index is 0.176. The second-order valence-corrected chi connectivity index (χ2v) is 6.00. The molecule has 1 unspecified atom stereocenters. The molecule has 0 N–H and O–H groups in total. The van der Waals surface area contributed by atoms with Crippen LogP contribution in [0.1, 0.15) is 17.4 Å². The molecule has 1 atom stereocenters. The lowest BCUT2D eigenvalue weighted by molar-refractivity contribution is 0.797. The van der Waals surface area contributed by atoms with Gasteiger partial charge in [0, 0.05) is 4.47 Å². The van der Waals surface area contributed by atoms with E-state index in [1.165, 1.54) is 0 Å². The Balaban J connectivity index is 2.42. The van der Waals surface area contributed by atoms with E-state index in [1.807, 2.05) is 31.3 Å². The van der Waals surface area contributed by atoms with E-state index in [1.54, 1.807) is 4.68 Å². The number of benzene rings is 1. The molecule has 0 saturated heterocycles. The molecule has 0 aliphatic heterocycles. The summed E-state index contributed by atoms with van der Waals surface area (Å²) in [6, 6.07) is 5.64. The van der Waals surface area contributed by atoms with Gasteiger partial charge in [-0.05, 0) is 25.1 Å². The van der Waals surface area contributed by atoms with E-state index in [9.17, 15) is 0 Å². The first-order chi connectivity index (χ1) is 7.58. The van der Waals surface area contributed by atoms with Crippen LogP contribution in [-0.2, 0) is 0 Å². The SMILES string of the molecule is CC(Br)c1cn(-c2ccc(Br)cc2Cl)nn1. The van der Waals surface area contributed by atoms with Crippen LogP contribution in [0.3, 0.4) is 0 Å². The summed E-state index contributed by atoms with van der Waals surface area (Å²) in [6.07, 6.45) is 1.86. The molecule has 84 valence electrons. The largest absolute Gasteiger partial charge is 0.219 e. The zero-order valence-electron chi connectivity index (χ0n) is 8.36. The second kappa shape index (κ2) is 4.85. The van der Waals surface area contributed by atoms with Gasteiger partial charge in [-0.15, -0.1) is 5.10 Å². The first-order valence-electron chi connectivity index (χ1n) is 4.59. The third-order valence-electron chi connectivity index (χ3n) is 2.08. The monoisotopic (exact) mass is 363 g/mol. The Bertz CT molecular complexity index is 511. The molecule has 0 saturated carbocycles.